The van der Waals surface area contributed by atoms with E-state index in [2.05, 4.69) is 30.6 Å². The Labute approximate surface area is 218 Å². The van der Waals surface area contributed by atoms with Gasteiger partial charge in [-0.2, -0.15) is 0 Å². The third-order valence-electron chi connectivity index (χ3n) is 6.42. The van der Waals surface area contributed by atoms with Gasteiger partial charge in [-0.05, 0) is 31.1 Å². The van der Waals surface area contributed by atoms with E-state index < -0.39 is 36.7 Å². The van der Waals surface area contributed by atoms with Gasteiger partial charge in [-0.25, -0.2) is 0 Å². The molecule has 1 heterocycles. The van der Waals surface area contributed by atoms with Crippen LogP contribution in [0.5, 0.6) is 0 Å². The molecule has 1 aliphatic heterocycles. The lowest BCUT2D eigenvalue weighted by atomic mass is 9.99. The van der Waals surface area contributed by atoms with Crippen LogP contribution in [0.2, 0.25) is 0 Å². The first-order valence-electron chi connectivity index (χ1n) is 14.0. The van der Waals surface area contributed by atoms with Gasteiger partial charge in [0.2, 0.25) is 0 Å². The number of carbonyl (C=O) groups is 1. The number of hydrogen-bond donors (Lipinski definition) is 4. The molecule has 1 saturated heterocycles. The van der Waals surface area contributed by atoms with Crippen molar-refractivity contribution in [3.8, 4) is 23.7 Å². The number of aliphatic hydroxyl groups is 4. The van der Waals surface area contributed by atoms with Gasteiger partial charge in [0.1, 0.15) is 31.0 Å². The number of aliphatic hydroxyl groups excluding tert-OH is 4. The molecule has 0 saturated carbocycles. The minimum atomic E-state index is -1.63. The Kier molecular flexibility index (Phi) is 19.3. The molecule has 0 aromatic rings. The van der Waals surface area contributed by atoms with Crippen LogP contribution in [0.4, 0.5) is 0 Å². The van der Waals surface area contributed by atoms with Crippen LogP contribution >= 0.6 is 0 Å². The molecule has 0 amide bonds. The van der Waals surface area contributed by atoms with Crippen LogP contribution in [0.1, 0.15) is 116 Å². The fourth-order valence-corrected chi connectivity index (χ4v) is 4.07. The molecule has 0 aromatic carbocycles. The van der Waals surface area contributed by atoms with Crippen molar-refractivity contribution in [2.24, 2.45) is 0 Å². The van der Waals surface area contributed by atoms with E-state index in [1.807, 2.05) is 0 Å². The molecule has 4 N–H and O–H groups in total. The zero-order valence-electron chi connectivity index (χ0n) is 22.1. The molecular formula is C29H48O7. The summed E-state index contributed by atoms with van der Waals surface area (Å²) in [4.78, 5) is 11.9. The third-order valence-corrected chi connectivity index (χ3v) is 6.42. The van der Waals surface area contributed by atoms with Gasteiger partial charge in [0, 0.05) is 19.3 Å². The van der Waals surface area contributed by atoms with E-state index in [0.717, 1.165) is 44.9 Å². The Morgan fingerprint density at radius 2 is 1.19 bits per heavy atom. The van der Waals surface area contributed by atoms with Gasteiger partial charge < -0.3 is 29.9 Å². The Morgan fingerprint density at radius 3 is 1.75 bits per heavy atom. The van der Waals surface area contributed by atoms with Gasteiger partial charge in [-0.3, -0.25) is 4.79 Å². The van der Waals surface area contributed by atoms with Gasteiger partial charge in [0.15, 0.2) is 6.29 Å². The van der Waals surface area contributed by atoms with Gasteiger partial charge in [-0.15, -0.1) is 0 Å². The fraction of sp³-hybridized carbons (Fsp3) is 0.828. The van der Waals surface area contributed by atoms with Crippen molar-refractivity contribution >= 4 is 5.97 Å². The highest BCUT2D eigenvalue weighted by Gasteiger charge is 2.43. The minimum Gasteiger partial charge on any atom is -0.463 e. The second-order valence-corrected chi connectivity index (χ2v) is 9.67. The van der Waals surface area contributed by atoms with Gasteiger partial charge in [0.05, 0.1) is 0 Å². The molecule has 7 heteroatoms. The van der Waals surface area contributed by atoms with Crippen LogP contribution in [-0.2, 0) is 14.3 Å². The van der Waals surface area contributed by atoms with Crippen molar-refractivity contribution in [2.45, 2.75) is 147 Å². The van der Waals surface area contributed by atoms with E-state index in [4.69, 9.17) is 9.47 Å². The van der Waals surface area contributed by atoms with Crippen LogP contribution < -0.4 is 0 Å². The van der Waals surface area contributed by atoms with Gasteiger partial charge in [0.25, 0.3) is 0 Å². The van der Waals surface area contributed by atoms with Crippen LogP contribution in [0.3, 0.4) is 0 Å². The molecular weight excluding hydrogens is 460 g/mol. The fourth-order valence-electron chi connectivity index (χ4n) is 4.07. The van der Waals surface area contributed by atoms with Crippen LogP contribution in [-0.4, -0.2) is 63.7 Å². The molecule has 206 valence electrons. The van der Waals surface area contributed by atoms with Crippen LogP contribution in [0.15, 0.2) is 0 Å². The smallest absolute Gasteiger partial charge is 0.305 e. The van der Waals surface area contributed by atoms with Crippen LogP contribution in [0, 0.1) is 23.7 Å². The number of unbranched alkanes of at least 4 members (excludes halogenated alkanes) is 14. The molecule has 1 fully saturated rings. The summed E-state index contributed by atoms with van der Waals surface area (Å²) in [6.45, 7) is 1.96. The monoisotopic (exact) mass is 508 g/mol. The predicted molar refractivity (Wildman–Crippen MR) is 140 cm³/mol. The highest BCUT2D eigenvalue weighted by molar-refractivity contribution is 5.69. The maximum Gasteiger partial charge on any atom is 0.305 e. The summed E-state index contributed by atoms with van der Waals surface area (Å²) < 4.78 is 10.1. The molecule has 36 heavy (non-hydrogen) atoms. The Hall–Kier alpha value is -1.61. The molecule has 1 rings (SSSR count). The predicted octanol–water partition coefficient (Wildman–Crippen LogP) is 3.99. The van der Waals surface area contributed by atoms with E-state index in [1.165, 1.54) is 51.4 Å². The first-order chi connectivity index (χ1) is 17.5. The molecule has 0 bridgehead atoms. The molecule has 5 unspecified atom stereocenters. The second kappa shape index (κ2) is 21.5. The summed E-state index contributed by atoms with van der Waals surface area (Å²) in [7, 11) is 0. The Morgan fingerprint density at radius 1 is 0.694 bits per heavy atom. The normalized spacial score (nSPS) is 23.3. The van der Waals surface area contributed by atoms with Crippen LogP contribution in [0.25, 0.3) is 0 Å². The highest BCUT2D eigenvalue weighted by Crippen LogP contribution is 2.20. The average Bonchev–Trinajstić information content (AvgIpc) is 2.87. The van der Waals surface area contributed by atoms with E-state index in [0.29, 0.717) is 6.42 Å². The summed E-state index contributed by atoms with van der Waals surface area (Å²) in [5, 5.41) is 38.4. The summed E-state index contributed by atoms with van der Waals surface area (Å²) in [6.07, 6.45) is 11.3. The van der Waals surface area contributed by atoms with Crippen molar-refractivity contribution in [3.63, 3.8) is 0 Å². The standard InChI is InChI=1S/C29H48O7/c1-2-3-4-5-6-7-8-9-10-11-12-13-14-15-16-17-18-19-20-21-22-25(30)35-23-24-26(31)27(32)28(33)29(34)36-24/h24,26-29,31-34H,2-10,15-23H2,1H3. The maximum atomic E-state index is 11.9. The van der Waals surface area contributed by atoms with Gasteiger partial charge >= 0.3 is 5.97 Å². The number of rotatable bonds is 18. The van der Waals surface area contributed by atoms with E-state index >= 15 is 0 Å². The van der Waals surface area contributed by atoms with E-state index in [1.54, 1.807) is 0 Å². The second-order valence-electron chi connectivity index (χ2n) is 9.67. The zero-order valence-corrected chi connectivity index (χ0v) is 22.1. The Bertz CT molecular complexity index is 687. The van der Waals surface area contributed by atoms with Crippen molar-refractivity contribution in [3.05, 3.63) is 0 Å². The molecule has 5 atom stereocenters. The molecule has 0 radical (unpaired) electrons. The highest BCUT2D eigenvalue weighted by atomic mass is 16.6. The molecule has 0 spiro atoms. The molecule has 7 nitrogen and oxygen atoms in total. The lowest BCUT2D eigenvalue weighted by Gasteiger charge is -2.37. The summed E-state index contributed by atoms with van der Waals surface area (Å²) in [5.41, 5.74) is 0. The van der Waals surface area contributed by atoms with Crippen molar-refractivity contribution in [1.29, 1.82) is 0 Å². The number of hydrogen-bond acceptors (Lipinski definition) is 7. The quantitative estimate of drug-likeness (QED) is 0.126. The number of esters is 1. The Balaban J connectivity index is 1.91. The largest absolute Gasteiger partial charge is 0.463 e. The first-order valence-corrected chi connectivity index (χ1v) is 14.0. The summed E-state index contributed by atoms with van der Waals surface area (Å²) in [6, 6.07) is 0. The number of ether oxygens (including phenoxy) is 2. The first kappa shape index (κ1) is 32.4. The SMILES string of the molecule is CCCCCCCCCCC#CC#CCCCCCCCCC(=O)OCC1OC(O)C(O)C(O)C1O. The molecule has 0 aromatic heterocycles. The van der Waals surface area contributed by atoms with Crippen molar-refractivity contribution < 1.29 is 34.7 Å². The van der Waals surface area contributed by atoms with Crippen molar-refractivity contribution in [1.82, 2.24) is 0 Å². The molecule has 0 aliphatic carbocycles. The third kappa shape index (κ3) is 15.5. The lowest BCUT2D eigenvalue weighted by molar-refractivity contribution is -0.287. The van der Waals surface area contributed by atoms with Crippen molar-refractivity contribution in [2.75, 3.05) is 6.61 Å². The zero-order chi connectivity index (χ0) is 26.4. The average molecular weight is 509 g/mol. The summed E-state index contributed by atoms with van der Waals surface area (Å²) in [5.74, 6) is 11.8. The van der Waals surface area contributed by atoms with E-state index in [9.17, 15) is 25.2 Å². The maximum absolute atomic E-state index is 11.9. The molecule has 1 aliphatic rings. The van der Waals surface area contributed by atoms with Gasteiger partial charge in [-0.1, -0.05) is 89.4 Å². The van der Waals surface area contributed by atoms with E-state index in [-0.39, 0.29) is 13.0 Å². The summed E-state index contributed by atoms with van der Waals surface area (Å²) >= 11 is 0. The lowest BCUT2D eigenvalue weighted by Crippen LogP contribution is -2.58. The topological polar surface area (TPSA) is 116 Å². The number of carbonyl (C=O) groups excluding carboxylic acids is 1. The minimum absolute atomic E-state index is 0.264.